The summed E-state index contributed by atoms with van der Waals surface area (Å²) in [5.74, 6) is 0.259. The van der Waals surface area contributed by atoms with Gasteiger partial charge in [-0.25, -0.2) is 0 Å². The normalized spacial score (nSPS) is 23.7. The number of fused-ring (bicyclic) bond motifs is 2. The number of nitrogens with zero attached hydrogens (tertiary/aromatic N) is 1. The van der Waals surface area contributed by atoms with Crippen molar-refractivity contribution in [1.82, 2.24) is 4.90 Å². The van der Waals surface area contributed by atoms with Crippen LogP contribution in [0.1, 0.15) is 34.3 Å². The first-order valence-electron chi connectivity index (χ1n) is 6.71. The zero-order chi connectivity index (χ0) is 13.1. The molecule has 3 nitrogen and oxygen atoms in total. The maximum Gasteiger partial charge on any atom is 0.255 e. The number of carbonyl (C=O) groups is 1. The largest absolute Gasteiger partial charge is 0.508 e. The molecule has 1 aliphatic carbocycles. The Morgan fingerprint density at radius 2 is 2.11 bits per heavy atom. The summed E-state index contributed by atoms with van der Waals surface area (Å²) in [5, 5.41) is 9.86. The van der Waals surface area contributed by atoms with Crippen molar-refractivity contribution in [3.05, 3.63) is 46.5 Å². The quantitative estimate of drug-likeness (QED) is 0.722. The van der Waals surface area contributed by atoms with Crippen LogP contribution in [0.15, 0.2) is 29.9 Å². The van der Waals surface area contributed by atoms with E-state index in [1.807, 2.05) is 17.9 Å². The number of phenols is 1. The van der Waals surface area contributed by atoms with Gasteiger partial charge >= 0.3 is 0 Å². The molecule has 1 aromatic carbocycles. The minimum atomic E-state index is 0.0535. The highest BCUT2D eigenvalue weighted by Crippen LogP contribution is 2.44. The molecular formula is C16H15NO2. The van der Waals surface area contributed by atoms with E-state index in [1.165, 1.54) is 11.1 Å². The van der Waals surface area contributed by atoms with E-state index in [0.717, 1.165) is 30.5 Å². The summed E-state index contributed by atoms with van der Waals surface area (Å²) < 4.78 is 0. The average Bonchev–Trinajstić information content (AvgIpc) is 2.83. The Kier molecular flexibility index (Phi) is 2.00. The number of hydrogen-bond donors (Lipinski definition) is 1. The molecule has 0 spiro atoms. The second kappa shape index (κ2) is 3.50. The smallest absolute Gasteiger partial charge is 0.255 e. The molecule has 0 radical (unpaired) electrons. The third-order valence-corrected chi connectivity index (χ3v) is 4.46. The van der Waals surface area contributed by atoms with Gasteiger partial charge in [0, 0.05) is 6.54 Å². The van der Waals surface area contributed by atoms with Crippen LogP contribution in [0.25, 0.3) is 5.57 Å². The molecule has 2 aliphatic heterocycles. The van der Waals surface area contributed by atoms with Crippen molar-refractivity contribution in [3.8, 4) is 5.75 Å². The van der Waals surface area contributed by atoms with Crippen molar-refractivity contribution in [2.24, 2.45) is 0 Å². The van der Waals surface area contributed by atoms with Gasteiger partial charge in [-0.15, -0.1) is 0 Å². The molecule has 1 amide bonds. The van der Waals surface area contributed by atoms with E-state index in [2.05, 4.69) is 12.2 Å². The fraction of sp³-hybridized carbons (Fsp3) is 0.312. The molecule has 3 aliphatic rings. The van der Waals surface area contributed by atoms with Gasteiger partial charge in [0.05, 0.1) is 11.6 Å². The molecule has 1 N–H and O–H groups in total. The molecule has 0 saturated carbocycles. The molecule has 4 rings (SSSR count). The standard InChI is InChI=1S/C16H15NO2/c1-9-7-12-11-4-2-3-10-5-6-17(15(10)11)16(19)13(12)8-14(9)18/h3-4,7-8,15,18H,2,5-6H2,1H3. The second-order valence-corrected chi connectivity index (χ2v) is 5.51. The van der Waals surface area contributed by atoms with Crippen LogP contribution in [-0.2, 0) is 0 Å². The summed E-state index contributed by atoms with van der Waals surface area (Å²) in [6, 6.07) is 3.73. The Labute approximate surface area is 111 Å². The molecule has 96 valence electrons. The van der Waals surface area contributed by atoms with Crippen molar-refractivity contribution in [1.29, 1.82) is 0 Å². The number of rotatable bonds is 0. The second-order valence-electron chi connectivity index (χ2n) is 5.51. The molecule has 1 fully saturated rings. The number of benzene rings is 1. The Balaban J connectivity index is 1.99. The first-order valence-corrected chi connectivity index (χ1v) is 6.71. The number of amides is 1. The minimum Gasteiger partial charge on any atom is -0.508 e. The van der Waals surface area contributed by atoms with Crippen molar-refractivity contribution < 1.29 is 9.90 Å². The lowest BCUT2D eigenvalue weighted by atomic mass is 9.82. The molecule has 1 aromatic rings. The molecule has 1 saturated heterocycles. The number of hydrogen-bond acceptors (Lipinski definition) is 2. The van der Waals surface area contributed by atoms with Gasteiger partial charge in [-0.1, -0.05) is 12.2 Å². The van der Waals surface area contributed by atoms with E-state index in [-0.39, 0.29) is 17.7 Å². The van der Waals surface area contributed by atoms with Gasteiger partial charge in [-0.2, -0.15) is 0 Å². The summed E-state index contributed by atoms with van der Waals surface area (Å²) in [6.07, 6.45) is 6.39. The van der Waals surface area contributed by atoms with E-state index < -0.39 is 0 Å². The number of aryl methyl sites for hydroxylation is 1. The van der Waals surface area contributed by atoms with Crippen LogP contribution in [-0.4, -0.2) is 28.5 Å². The summed E-state index contributed by atoms with van der Waals surface area (Å²) in [6.45, 7) is 2.67. The number of aromatic hydroxyl groups is 1. The molecule has 0 aromatic heterocycles. The first-order chi connectivity index (χ1) is 9.16. The predicted molar refractivity (Wildman–Crippen MR) is 73.0 cm³/mol. The van der Waals surface area contributed by atoms with E-state index in [1.54, 1.807) is 6.07 Å². The SMILES string of the molecule is Cc1cc2c(cc1O)C(=O)N1CCC3=CCC=C2C31. The summed E-state index contributed by atoms with van der Waals surface area (Å²) in [4.78, 5) is 14.5. The van der Waals surface area contributed by atoms with Gasteiger partial charge in [0.15, 0.2) is 0 Å². The van der Waals surface area contributed by atoms with Gasteiger partial charge < -0.3 is 10.0 Å². The number of allylic oxidation sites excluding steroid dienone is 2. The molecule has 2 heterocycles. The van der Waals surface area contributed by atoms with Crippen LogP contribution in [0.3, 0.4) is 0 Å². The summed E-state index contributed by atoms with van der Waals surface area (Å²) >= 11 is 0. The number of carbonyl (C=O) groups excluding carboxylic acids is 1. The van der Waals surface area contributed by atoms with Gasteiger partial charge in [-0.3, -0.25) is 4.79 Å². The zero-order valence-electron chi connectivity index (χ0n) is 10.8. The van der Waals surface area contributed by atoms with Crippen molar-refractivity contribution >= 4 is 11.5 Å². The average molecular weight is 253 g/mol. The highest BCUT2D eigenvalue weighted by atomic mass is 16.3. The maximum absolute atomic E-state index is 12.6. The van der Waals surface area contributed by atoms with Crippen LogP contribution >= 0.6 is 0 Å². The highest BCUT2D eigenvalue weighted by Gasteiger charge is 2.42. The van der Waals surface area contributed by atoms with Crippen molar-refractivity contribution in [2.75, 3.05) is 6.54 Å². The molecule has 3 heteroatoms. The van der Waals surface area contributed by atoms with Crippen LogP contribution in [0.5, 0.6) is 5.75 Å². The lowest BCUT2D eigenvalue weighted by Gasteiger charge is -2.35. The van der Waals surface area contributed by atoms with Gasteiger partial charge in [0.2, 0.25) is 0 Å². The lowest BCUT2D eigenvalue weighted by molar-refractivity contribution is 0.0762. The fourth-order valence-corrected chi connectivity index (χ4v) is 3.49. The van der Waals surface area contributed by atoms with Crippen LogP contribution in [0, 0.1) is 6.92 Å². The minimum absolute atomic E-state index is 0.0535. The van der Waals surface area contributed by atoms with E-state index in [0.29, 0.717) is 5.56 Å². The summed E-state index contributed by atoms with van der Waals surface area (Å²) in [7, 11) is 0. The van der Waals surface area contributed by atoms with Crippen molar-refractivity contribution in [2.45, 2.75) is 25.8 Å². The Morgan fingerprint density at radius 1 is 1.26 bits per heavy atom. The van der Waals surface area contributed by atoms with Crippen molar-refractivity contribution in [3.63, 3.8) is 0 Å². The molecular weight excluding hydrogens is 238 g/mol. The lowest BCUT2D eigenvalue weighted by Crippen LogP contribution is -2.41. The summed E-state index contributed by atoms with van der Waals surface area (Å²) in [5.41, 5.74) is 5.10. The molecule has 19 heavy (non-hydrogen) atoms. The van der Waals surface area contributed by atoms with E-state index in [9.17, 15) is 9.90 Å². The van der Waals surface area contributed by atoms with E-state index in [4.69, 9.17) is 0 Å². The van der Waals surface area contributed by atoms with E-state index >= 15 is 0 Å². The third-order valence-electron chi connectivity index (χ3n) is 4.46. The first kappa shape index (κ1) is 10.9. The zero-order valence-corrected chi connectivity index (χ0v) is 10.8. The van der Waals surface area contributed by atoms with Gasteiger partial charge in [0.1, 0.15) is 5.75 Å². The highest BCUT2D eigenvalue weighted by molar-refractivity contribution is 6.05. The monoisotopic (exact) mass is 253 g/mol. The predicted octanol–water partition coefficient (Wildman–Crippen LogP) is 2.64. The van der Waals surface area contributed by atoms with Crippen LogP contribution in [0.2, 0.25) is 0 Å². The van der Waals surface area contributed by atoms with Crippen LogP contribution < -0.4 is 0 Å². The molecule has 1 unspecified atom stereocenters. The van der Waals surface area contributed by atoms with Gasteiger partial charge in [-0.05, 0) is 54.2 Å². The number of phenolic OH excluding ortho intramolecular Hbond substituents is 1. The Morgan fingerprint density at radius 3 is 2.95 bits per heavy atom. The van der Waals surface area contributed by atoms with Crippen LogP contribution in [0.4, 0.5) is 0 Å². The Hall–Kier alpha value is -2.03. The maximum atomic E-state index is 12.6. The molecule has 1 atom stereocenters. The third kappa shape index (κ3) is 1.30. The Bertz CT molecular complexity index is 670. The van der Waals surface area contributed by atoms with Gasteiger partial charge in [0.25, 0.3) is 5.91 Å². The molecule has 0 bridgehead atoms. The topological polar surface area (TPSA) is 40.5 Å². The fourth-order valence-electron chi connectivity index (χ4n) is 3.49.